The summed E-state index contributed by atoms with van der Waals surface area (Å²) >= 11 is 1.10. The standard InChI is InChI=1S/C28H25FN2O5S/c1-15(2)11-12-35-19-6-4-5-17(13-19)24-23(25(32)21-10-7-16(3)36-21)26(33)27(34)31(24)28-30-20-9-8-18(29)14-22(20)37-28/h4-10,13-15,24,33H,11-12H2,1-3H3. The van der Waals surface area contributed by atoms with Gasteiger partial charge in [-0.3, -0.25) is 14.5 Å². The van der Waals surface area contributed by atoms with Crippen LogP contribution in [0.2, 0.25) is 0 Å². The quantitative estimate of drug-likeness (QED) is 0.265. The molecule has 190 valence electrons. The van der Waals surface area contributed by atoms with E-state index in [-0.39, 0.29) is 16.5 Å². The van der Waals surface area contributed by atoms with Gasteiger partial charge in [-0.1, -0.05) is 37.3 Å². The number of aromatic nitrogens is 1. The smallest absolute Gasteiger partial charge is 0.296 e. The molecule has 1 amide bonds. The highest BCUT2D eigenvalue weighted by atomic mass is 32.1. The number of thiazole rings is 1. The average molecular weight is 521 g/mol. The maximum atomic E-state index is 13.8. The van der Waals surface area contributed by atoms with Crippen LogP contribution in [0, 0.1) is 18.7 Å². The van der Waals surface area contributed by atoms with E-state index in [0.29, 0.717) is 39.8 Å². The first-order valence-electron chi connectivity index (χ1n) is 11.9. The third-order valence-corrected chi connectivity index (χ3v) is 7.12. The molecule has 1 N–H and O–H groups in total. The number of aryl methyl sites for hydroxylation is 1. The van der Waals surface area contributed by atoms with E-state index in [9.17, 15) is 19.1 Å². The van der Waals surface area contributed by atoms with Gasteiger partial charge in [0.05, 0.1) is 28.4 Å². The van der Waals surface area contributed by atoms with Crippen LogP contribution in [0.5, 0.6) is 5.75 Å². The number of furan rings is 1. The van der Waals surface area contributed by atoms with Gasteiger partial charge in [-0.15, -0.1) is 0 Å². The van der Waals surface area contributed by atoms with Gasteiger partial charge >= 0.3 is 0 Å². The number of anilines is 1. The second kappa shape index (κ2) is 9.82. The lowest BCUT2D eigenvalue weighted by Gasteiger charge is -2.24. The van der Waals surface area contributed by atoms with Crippen LogP contribution in [0.3, 0.4) is 0 Å². The molecule has 9 heteroatoms. The number of hydrogen-bond donors (Lipinski definition) is 1. The van der Waals surface area contributed by atoms with Gasteiger partial charge in [0.25, 0.3) is 5.91 Å². The predicted molar refractivity (Wildman–Crippen MR) is 139 cm³/mol. The fourth-order valence-electron chi connectivity index (χ4n) is 4.22. The molecule has 0 spiro atoms. The largest absolute Gasteiger partial charge is 0.503 e. The zero-order valence-corrected chi connectivity index (χ0v) is 21.3. The van der Waals surface area contributed by atoms with Crippen molar-refractivity contribution in [2.75, 3.05) is 11.5 Å². The van der Waals surface area contributed by atoms with Crippen molar-refractivity contribution in [3.8, 4) is 5.75 Å². The predicted octanol–water partition coefficient (Wildman–Crippen LogP) is 6.54. The first-order valence-corrected chi connectivity index (χ1v) is 12.7. The third-order valence-electron chi connectivity index (χ3n) is 6.10. The van der Waals surface area contributed by atoms with Gasteiger partial charge < -0.3 is 14.3 Å². The highest BCUT2D eigenvalue weighted by Crippen LogP contribution is 2.44. The van der Waals surface area contributed by atoms with E-state index in [4.69, 9.17) is 9.15 Å². The van der Waals surface area contributed by atoms with Gasteiger partial charge in [0.15, 0.2) is 16.7 Å². The Kier molecular flexibility index (Phi) is 6.55. The molecule has 1 aliphatic heterocycles. The highest BCUT2D eigenvalue weighted by Gasteiger charge is 2.46. The van der Waals surface area contributed by atoms with Crippen LogP contribution in [0.15, 0.2) is 70.3 Å². The Labute approximate surface area is 216 Å². The number of amides is 1. The molecule has 4 aromatic rings. The summed E-state index contributed by atoms with van der Waals surface area (Å²) in [5.74, 6) is -0.917. The number of rotatable bonds is 8. The van der Waals surface area contributed by atoms with Crippen molar-refractivity contribution in [2.24, 2.45) is 5.92 Å². The highest BCUT2D eigenvalue weighted by molar-refractivity contribution is 7.22. The van der Waals surface area contributed by atoms with Crippen LogP contribution in [-0.4, -0.2) is 28.4 Å². The van der Waals surface area contributed by atoms with Crippen LogP contribution >= 0.6 is 11.3 Å². The second-order valence-corrected chi connectivity index (χ2v) is 10.3. The lowest BCUT2D eigenvalue weighted by Crippen LogP contribution is -2.31. The van der Waals surface area contributed by atoms with Crippen molar-refractivity contribution in [2.45, 2.75) is 33.2 Å². The number of ether oxygens (including phenoxy) is 1. The number of hydrogen-bond acceptors (Lipinski definition) is 7. The molecule has 0 fully saturated rings. The molecule has 37 heavy (non-hydrogen) atoms. The molecule has 0 bridgehead atoms. The van der Waals surface area contributed by atoms with Crippen molar-refractivity contribution in [1.82, 2.24) is 4.98 Å². The Morgan fingerprint density at radius 1 is 1.22 bits per heavy atom. The van der Waals surface area contributed by atoms with E-state index in [1.807, 2.05) is 0 Å². The SMILES string of the molecule is Cc1ccc(C(=O)C2=C(O)C(=O)N(c3nc4ccc(F)cc4s3)C2c2cccc(OCCC(C)C)c2)o1. The Hall–Kier alpha value is -3.98. The summed E-state index contributed by atoms with van der Waals surface area (Å²) in [5, 5.41) is 11.2. The Bertz CT molecular complexity index is 1540. The molecular weight excluding hydrogens is 495 g/mol. The summed E-state index contributed by atoms with van der Waals surface area (Å²) in [6, 6.07) is 13.4. The van der Waals surface area contributed by atoms with Gasteiger partial charge in [-0.05, 0) is 67.3 Å². The number of carbonyl (C=O) groups is 2. The molecule has 0 aliphatic carbocycles. The number of Topliss-reactive ketones (excluding diaryl/α,β-unsaturated/α-hetero) is 1. The normalized spacial score (nSPS) is 15.9. The van der Waals surface area contributed by atoms with Gasteiger partial charge in [-0.2, -0.15) is 0 Å². The first kappa shape index (κ1) is 24.7. The molecule has 5 rings (SSSR count). The Balaban J connectivity index is 1.61. The molecule has 7 nitrogen and oxygen atoms in total. The molecule has 1 atom stereocenters. The molecule has 1 aliphatic rings. The first-order chi connectivity index (χ1) is 17.7. The van der Waals surface area contributed by atoms with E-state index < -0.39 is 29.3 Å². The number of aliphatic hydroxyl groups is 1. The molecule has 0 saturated carbocycles. The summed E-state index contributed by atoms with van der Waals surface area (Å²) < 4.78 is 25.8. The number of carbonyl (C=O) groups excluding carboxylic acids is 2. The van der Waals surface area contributed by atoms with Crippen LogP contribution in [0.25, 0.3) is 10.2 Å². The van der Waals surface area contributed by atoms with Crippen LogP contribution < -0.4 is 9.64 Å². The second-order valence-electron chi connectivity index (χ2n) is 9.29. The Morgan fingerprint density at radius 3 is 2.76 bits per heavy atom. The van der Waals surface area contributed by atoms with Gasteiger partial charge in [0, 0.05) is 0 Å². The van der Waals surface area contributed by atoms with Crippen molar-refractivity contribution < 1.29 is 28.2 Å². The van der Waals surface area contributed by atoms with Crippen LogP contribution in [0.1, 0.15) is 48.2 Å². The molecule has 0 saturated heterocycles. The van der Waals surface area contributed by atoms with E-state index >= 15 is 0 Å². The summed E-state index contributed by atoms with van der Waals surface area (Å²) in [7, 11) is 0. The van der Waals surface area contributed by atoms with E-state index in [2.05, 4.69) is 18.8 Å². The van der Waals surface area contributed by atoms with Gasteiger partial charge in [0.2, 0.25) is 5.78 Å². The number of nitrogens with zero attached hydrogens (tertiary/aromatic N) is 2. The van der Waals surface area contributed by atoms with E-state index in [1.54, 1.807) is 37.3 Å². The number of halogens is 1. The van der Waals surface area contributed by atoms with Crippen molar-refractivity contribution in [3.63, 3.8) is 0 Å². The lowest BCUT2D eigenvalue weighted by molar-refractivity contribution is -0.117. The number of benzene rings is 2. The molecule has 1 unspecified atom stereocenters. The third kappa shape index (κ3) is 4.74. The van der Waals surface area contributed by atoms with Crippen molar-refractivity contribution >= 4 is 38.4 Å². The molecule has 0 radical (unpaired) electrons. The van der Waals surface area contributed by atoms with E-state index in [0.717, 1.165) is 17.8 Å². The zero-order valence-electron chi connectivity index (χ0n) is 20.5. The van der Waals surface area contributed by atoms with Gasteiger partial charge in [-0.25, -0.2) is 9.37 Å². The topological polar surface area (TPSA) is 92.9 Å². The maximum absolute atomic E-state index is 13.8. The summed E-state index contributed by atoms with van der Waals surface area (Å²) in [4.78, 5) is 32.7. The molecule has 2 aromatic carbocycles. The fourth-order valence-corrected chi connectivity index (χ4v) is 5.23. The van der Waals surface area contributed by atoms with Crippen molar-refractivity contribution in [1.29, 1.82) is 0 Å². The Morgan fingerprint density at radius 2 is 2.03 bits per heavy atom. The fraction of sp³-hybridized carbons (Fsp3) is 0.250. The van der Waals surface area contributed by atoms with Gasteiger partial charge in [0.1, 0.15) is 17.3 Å². The number of fused-ring (bicyclic) bond motifs is 1. The van der Waals surface area contributed by atoms with Crippen molar-refractivity contribution in [3.05, 3.63) is 88.8 Å². The average Bonchev–Trinajstić information content (AvgIpc) is 3.54. The summed E-state index contributed by atoms with van der Waals surface area (Å²) in [6.07, 6.45) is 0.864. The molecular formula is C28H25FN2O5S. The minimum absolute atomic E-state index is 0.00871. The number of aliphatic hydroxyl groups excluding tert-OH is 1. The molecule has 3 heterocycles. The minimum Gasteiger partial charge on any atom is -0.503 e. The summed E-state index contributed by atoms with van der Waals surface area (Å²) in [6.45, 7) is 6.42. The minimum atomic E-state index is -0.996. The monoisotopic (exact) mass is 520 g/mol. The molecule has 2 aromatic heterocycles. The zero-order chi connectivity index (χ0) is 26.3. The van der Waals surface area contributed by atoms with Crippen LogP contribution in [-0.2, 0) is 4.79 Å². The maximum Gasteiger partial charge on any atom is 0.296 e. The van der Waals surface area contributed by atoms with E-state index in [1.165, 1.54) is 29.2 Å². The number of ketones is 1. The lowest BCUT2D eigenvalue weighted by atomic mass is 9.95. The van der Waals surface area contributed by atoms with Crippen LogP contribution in [0.4, 0.5) is 9.52 Å². The summed E-state index contributed by atoms with van der Waals surface area (Å²) in [5.41, 5.74) is 0.931.